The first-order chi connectivity index (χ1) is 6.59. The smallest absolute Gasteiger partial charge is 0.323 e. The van der Waals surface area contributed by atoms with Crippen molar-refractivity contribution in [3.8, 4) is 0 Å². The molecular formula is C10H21NO3. The fraction of sp³-hybridized carbons (Fsp3) is 0.900. The van der Waals surface area contributed by atoms with Gasteiger partial charge in [-0.2, -0.15) is 0 Å². The van der Waals surface area contributed by atoms with Crippen LogP contribution in [-0.4, -0.2) is 28.3 Å². The van der Waals surface area contributed by atoms with Crippen molar-refractivity contribution in [2.45, 2.75) is 57.6 Å². The van der Waals surface area contributed by atoms with Gasteiger partial charge in [-0.3, -0.25) is 4.79 Å². The van der Waals surface area contributed by atoms with Gasteiger partial charge in [-0.25, -0.2) is 0 Å². The van der Waals surface area contributed by atoms with Gasteiger partial charge in [0.15, 0.2) is 0 Å². The Hall–Kier alpha value is -0.610. The lowest BCUT2D eigenvalue weighted by molar-refractivity contribution is -0.141. The molecule has 0 aromatic carbocycles. The standard InChI is InChI=1S/C10H21NO3/c1-2-3-4-5-6-7-8(12)9(11)10(13)14/h8-9,12H,2-7,11H2,1H3,(H,13,14)/t8-,9-/m1/s1. The van der Waals surface area contributed by atoms with Crippen LogP contribution in [0.3, 0.4) is 0 Å². The predicted octanol–water partition coefficient (Wildman–Crippen LogP) is 1.12. The summed E-state index contributed by atoms with van der Waals surface area (Å²) in [6.45, 7) is 2.13. The van der Waals surface area contributed by atoms with Crippen molar-refractivity contribution in [2.75, 3.05) is 0 Å². The van der Waals surface area contributed by atoms with Gasteiger partial charge in [0.1, 0.15) is 6.04 Å². The number of hydrogen-bond donors (Lipinski definition) is 3. The van der Waals surface area contributed by atoms with Gasteiger partial charge in [0.25, 0.3) is 0 Å². The molecule has 0 aromatic heterocycles. The summed E-state index contributed by atoms with van der Waals surface area (Å²) in [5, 5.41) is 17.8. The molecule has 0 radical (unpaired) electrons. The average Bonchev–Trinajstić information content (AvgIpc) is 2.16. The Morgan fingerprint density at radius 1 is 1.29 bits per heavy atom. The van der Waals surface area contributed by atoms with Gasteiger partial charge in [0, 0.05) is 0 Å². The van der Waals surface area contributed by atoms with Crippen LogP contribution in [-0.2, 0) is 4.79 Å². The van der Waals surface area contributed by atoms with Gasteiger partial charge in [0.2, 0.25) is 0 Å². The van der Waals surface area contributed by atoms with Crippen molar-refractivity contribution in [2.24, 2.45) is 5.73 Å². The molecule has 0 unspecified atom stereocenters. The first-order valence-electron chi connectivity index (χ1n) is 5.26. The summed E-state index contributed by atoms with van der Waals surface area (Å²) in [6.07, 6.45) is 4.98. The van der Waals surface area contributed by atoms with Crippen molar-refractivity contribution in [1.29, 1.82) is 0 Å². The minimum atomic E-state index is -1.14. The number of unbranched alkanes of at least 4 members (excludes halogenated alkanes) is 4. The lowest BCUT2D eigenvalue weighted by atomic mass is 10.0. The monoisotopic (exact) mass is 203 g/mol. The van der Waals surface area contributed by atoms with Gasteiger partial charge < -0.3 is 15.9 Å². The molecule has 0 aromatic rings. The largest absolute Gasteiger partial charge is 0.480 e. The molecule has 4 heteroatoms. The molecule has 0 bridgehead atoms. The summed E-state index contributed by atoms with van der Waals surface area (Å²) >= 11 is 0. The quantitative estimate of drug-likeness (QED) is 0.516. The van der Waals surface area contributed by atoms with Crippen molar-refractivity contribution in [3.05, 3.63) is 0 Å². The topological polar surface area (TPSA) is 83.5 Å². The van der Waals surface area contributed by atoms with Gasteiger partial charge in [-0.05, 0) is 6.42 Å². The molecule has 0 saturated heterocycles. The van der Waals surface area contributed by atoms with Gasteiger partial charge >= 0.3 is 5.97 Å². The summed E-state index contributed by atoms with van der Waals surface area (Å²) in [6, 6.07) is -1.14. The van der Waals surface area contributed by atoms with Crippen LogP contribution in [0.5, 0.6) is 0 Å². The Bertz CT molecular complexity index is 161. The maximum Gasteiger partial charge on any atom is 0.323 e. The molecule has 0 saturated carbocycles. The summed E-state index contributed by atoms with van der Waals surface area (Å²) in [5.41, 5.74) is 5.25. The molecule has 4 N–H and O–H groups in total. The highest BCUT2D eigenvalue weighted by molar-refractivity contribution is 5.73. The van der Waals surface area contributed by atoms with Gasteiger partial charge in [-0.15, -0.1) is 0 Å². The van der Waals surface area contributed by atoms with E-state index in [1.807, 2.05) is 0 Å². The Morgan fingerprint density at radius 2 is 1.86 bits per heavy atom. The number of nitrogens with two attached hydrogens (primary N) is 1. The summed E-state index contributed by atoms with van der Waals surface area (Å²) in [7, 11) is 0. The second kappa shape index (κ2) is 7.76. The minimum Gasteiger partial charge on any atom is -0.480 e. The second-order valence-corrected chi connectivity index (χ2v) is 3.63. The molecule has 0 spiro atoms. The van der Waals surface area contributed by atoms with E-state index in [2.05, 4.69) is 6.92 Å². The number of aliphatic hydroxyl groups excluding tert-OH is 1. The summed E-state index contributed by atoms with van der Waals surface area (Å²) < 4.78 is 0. The third-order valence-electron chi connectivity index (χ3n) is 2.30. The lowest BCUT2D eigenvalue weighted by Crippen LogP contribution is -2.41. The van der Waals surface area contributed by atoms with Crippen LogP contribution in [0, 0.1) is 0 Å². The number of carbonyl (C=O) groups is 1. The molecule has 0 amide bonds. The molecular weight excluding hydrogens is 182 g/mol. The number of carboxylic acid groups (broad SMARTS) is 1. The molecule has 0 aliphatic rings. The van der Waals surface area contributed by atoms with E-state index in [0.717, 1.165) is 19.3 Å². The van der Waals surface area contributed by atoms with Crippen molar-refractivity contribution in [3.63, 3.8) is 0 Å². The third-order valence-corrected chi connectivity index (χ3v) is 2.30. The molecule has 0 fully saturated rings. The van der Waals surface area contributed by atoms with E-state index in [9.17, 15) is 9.90 Å². The Kier molecular flexibility index (Phi) is 7.42. The van der Waals surface area contributed by atoms with Crippen LogP contribution in [0.1, 0.15) is 45.4 Å². The molecule has 4 nitrogen and oxygen atoms in total. The van der Waals surface area contributed by atoms with Crippen LogP contribution >= 0.6 is 0 Å². The van der Waals surface area contributed by atoms with Crippen LogP contribution in [0.2, 0.25) is 0 Å². The zero-order chi connectivity index (χ0) is 11.0. The lowest BCUT2D eigenvalue weighted by Gasteiger charge is -2.14. The SMILES string of the molecule is CCCCCCC[C@@H](O)[C@@H](N)C(=O)O. The highest BCUT2D eigenvalue weighted by Crippen LogP contribution is 2.08. The highest BCUT2D eigenvalue weighted by atomic mass is 16.4. The van der Waals surface area contributed by atoms with Crippen molar-refractivity contribution in [1.82, 2.24) is 0 Å². The average molecular weight is 203 g/mol. The second-order valence-electron chi connectivity index (χ2n) is 3.63. The van der Waals surface area contributed by atoms with E-state index in [1.165, 1.54) is 12.8 Å². The molecule has 0 rings (SSSR count). The predicted molar refractivity (Wildman–Crippen MR) is 55.0 cm³/mol. The van der Waals surface area contributed by atoms with E-state index in [1.54, 1.807) is 0 Å². The molecule has 84 valence electrons. The van der Waals surface area contributed by atoms with Crippen LogP contribution in [0.25, 0.3) is 0 Å². The van der Waals surface area contributed by atoms with Gasteiger partial charge in [0.05, 0.1) is 6.10 Å². The van der Waals surface area contributed by atoms with E-state index in [4.69, 9.17) is 10.8 Å². The number of aliphatic hydroxyl groups is 1. The fourth-order valence-electron chi connectivity index (χ4n) is 1.30. The first-order valence-corrected chi connectivity index (χ1v) is 5.26. The van der Waals surface area contributed by atoms with Gasteiger partial charge in [-0.1, -0.05) is 39.0 Å². The van der Waals surface area contributed by atoms with Crippen LogP contribution in [0.4, 0.5) is 0 Å². The minimum absolute atomic E-state index is 0.483. The number of aliphatic carboxylic acids is 1. The Labute approximate surface area is 85.1 Å². The molecule has 2 atom stereocenters. The first kappa shape index (κ1) is 13.4. The zero-order valence-electron chi connectivity index (χ0n) is 8.78. The normalized spacial score (nSPS) is 15.1. The Balaban J connectivity index is 3.43. The number of carboxylic acids is 1. The molecule has 0 heterocycles. The van der Waals surface area contributed by atoms with Crippen molar-refractivity contribution < 1.29 is 15.0 Å². The molecule has 0 aliphatic carbocycles. The maximum absolute atomic E-state index is 10.4. The summed E-state index contributed by atoms with van der Waals surface area (Å²) in [4.78, 5) is 10.4. The number of rotatable bonds is 8. The number of hydrogen-bond acceptors (Lipinski definition) is 3. The fourth-order valence-corrected chi connectivity index (χ4v) is 1.30. The highest BCUT2D eigenvalue weighted by Gasteiger charge is 2.20. The van der Waals surface area contributed by atoms with E-state index in [-0.39, 0.29) is 0 Å². The molecule has 0 aliphatic heterocycles. The van der Waals surface area contributed by atoms with Crippen molar-refractivity contribution >= 4 is 5.97 Å². The maximum atomic E-state index is 10.4. The third kappa shape index (κ3) is 5.94. The van der Waals surface area contributed by atoms with E-state index < -0.39 is 18.1 Å². The van der Waals surface area contributed by atoms with Crippen LogP contribution in [0.15, 0.2) is 0 Å². The van der Waals surface area contributed by atoms with Crippen LogP contribution < -0.4 is 5.73 Å². The Morgan fingerprint density at radius 3 is 2.36 bits per heavy atom. The van der Waals surface area contributed by atoms with E-state index >= 15 is 0 Å². The molecule has 14 heavy (non-hydrogen) atoms. The zero-order valence-corrected chi connectivity index (χ0v) is 8.78. The summed E-state index contributed by atoms with van der Waals surface area (Å²) in [5.74, 6) is -1.13. The van der Waals surface area contributed by atoms with E-state index in [0.29, 0.717) is 6.42 Å².